The fourth-order valence-electron chi connectivity index (χ4n) is 3.62. The summed E-state index contributed by atoms with van der Waals surface area (Å²) in [5.74, 6) is 2.24. The standard InChI is InChI=1S/C14H23F3O.C2H6/c1-10-2-4-11(5-3-10)12-6-8-13(9-7-12)18-14(15,16)17;1-2/h10-13H,2-9H2,1H3;1-2H3. The fraction of sp³-hybridized carbons (Fsp3) is 1.00. The van der Waals surface area contributed by atoms with E-state index in [1.807, 2.05) is 13.8 Å². The van der Waals surface area contributed by atoms with Crippen molar-refractivity contribution in [3.05, 3.63) is 0 Å². The van der Waals surface area contributed by atoms with Crippen LogP contribution in [-0.2, 0) is 4.74 Å². The Balaban J connectivity index is 0.000000956. The molecule has 0 bridgehead atoms. The smallest absolute Gasteiger partial charge is 0.289 e. The normalized spacial score (nSPS) is 35.1. The average Bonchev–Trinajstić information content (AvgIpc) is 2.41. The molecule has 0 unspecified atom stereocenters. The van der Waals surface area contributed by atoms with Crippen molar-refractivity contribution in [3.63, 3.8) is 0 Å². The topological polar surface area (TPSA) is 9.23 Å². The predicted octanol–water partition coefficient (Wildman–Crippen LogP) is 5.93. The van der Waals surface area contributed by atoms with Gasteiger partial charge in [0.1, 0.15) is 0 Å². The Morgan fingerprint density at radius 3 is 1.55 bits per heavy atom. The Kier molecular flexibility index (Phi) is 7.35. The molecule has 0 N–H and O–H groups in total. The number of halogens is 3. The van der Waals surface area contributed by atoms with E-state index >= 15 is 0 Å². The molecule has 20 heavy (non-hydrogen) atoms. The van der Waals surface area contributed by atoms with Gasteiger partial charge in [-0.25, -0.2) is 0 Å². The summed E-state index contributed by atoms with van der Waals surface area (Å²) in [4.78, 5) is 0. The van der Waals surface area contributed by atoms with E-state index in [2.05, 4.69) is 11.7 Å². The quantitative estimate of drug-likeness (QED) is 0.613. The molecule has 0 saturated heterocycles. The van der Waals surface area contributed by atoms with E-state index in [4.69, 9.17) is 0 Å². The maximum Gasteiger partial charge on any atom is 0.522 e. The molecule has 0 heterocycles. The van der Waals surface area contributed by atoms with Gasteiger partial charge in [0.25, 0.3) is 0 Å². The van der Waals surface area contributed by atoms with Crippen LogP contribution in [0.25, 0.3) is 0 Å². The van der Waals surface area contributed by atoms with Crippen molar-refractivity contribution >= 4 is 0 Å². The van der Waals surface area contributed by atoms with Crippen molar-refractivity contribution < 1.29 is 17.9 Å². The summed E-state index contributed by atoms with van der Waals surface area (Å²) in [6.07, 6.45) is 3.08. The van der Waals surface area contributed by atoms with E-state index in [0.29, 0.717) is 18.8 Å². The van der Waals surface area contributed by atoms with Crippen LogP contribution in [0.4, 0.5) is 13.2 Å². The molecular formula is C16H29F3O. The van der Waals surface area contributed by atoms with Gasteiger partial charge < -0.3 is 0 Å². The Morgan fingerprint density at radius 2 is 1.15 bits per heavy atom. The summed E-state index contributed by atoms with van der Waals surface area (Å²) in [7, 11) is 0. The third kappa shape index (κ3) is 6.02. The first-order valence-electron chi connectivity index (χ1n) is 8.18. The van der Waals surface area contributed by atoms with Crippen molar-refractivity contribution in [2.45, 2.75) is 84.6 Å². The second kappa shape index (κ2) is 8.26. The van der Waals surface area contributed by atoms with Gasteiger partial charge in [0.05, 0.1) is 6.10 Å². The predicted molar refractivity (Wildman–Crippen MR) is 75.4 cm³/mol. The molecule has 0 radical (unpaired) electrons. The first-order chi connectivity index (χ1) is 9.44. The number of rotatable bonds is 2. The number of ether oxygens (including phenoxy) is 1. The lowest BCUT2D eigenvalue weighted by Crippen LogP contribution is -2.31. The molecule has 0 aliphatic heterocycles. The summed E-state index contributed by atoms with van der Waals surface area (Å²) < 4.78 is 40.5. The minimum absolute atomic E-state index is 0.580. The van der Waals surface area contributed by atoms with Crippen LogP contribution in [0.15, 0.2) is 0 Å². The second-order valence-electron chi connectivity index (χ2n) is 6.12. The van der Waals surface area contributed by atoms with Crippen LogP contribution in [0.2, 0.25) is 0 Å². The zero-order valence-corrected chi connectivity index (χ0v) is 13.0. The van der Waals surface area contributed by atoms with E-state index in [0.717, 1.165) is 24.7 Å². The molecule has 0 amide bonds. The molecular weight excluding hydrogens is 265 g/mol. The number of hydrogen-bond acceptors (Lipinski definition) is 1. The minimum atomic E-state index is -4.46. The summed E-state index contributed by atoms with van der Waals surface area (Å²) in [5.41, 5.74) is 0. The van der Waals surface area contributed by atoms with Crippen molar-refractivity contribution in [2.24, 2.45) is 17.8 Å². The van der Waals surface area contributed by atoms with Gasteiger partial charge in [0, 0.05) is 0 Å². The van der Waals surface area contributed by atoms with Crippen LogP contribution in [0, 0.1) is 17.8 Å². The summed E-state index contributed by atoms with van der Waals surface area (Å²) >= 11 is 0. The van der Waals surface area contributed by atoms with Crippen LogP contribution < -0.4 is 0 Å². The zero-order valence-electron chi connectivity index (χ0n) is 13.0. The third-order valence-electron chi connectivity index (χ3n) is 4.75. The van der Waals surface area contributed by atoms with E-state index in [1.54, 1.807) is 0 Å². The molecule has 0 spiro atoms. The third-order valence-corrected chi connectivity index (χ3v) is 4.75. The molecule has 2 rings (SSSR count). The van der Waals surface area contributed by atoms with Crippen LogP contribution in [-0.4, -0.2) is 12.5 Å². The number of hydrogen-bond donors (Lipinski definition) is 0. The first kappa shape index (κ1) is 17.8. The maximum absolute atomic E-state index is 12.1. The minimum Gasteiger partial charge on any atom is -0.289 e. The van der Waals surface area contributed by atoms with Gasteiger partial charge in [-0.05, 0) is 56.3 Å². The molecule has 2 saturated carbocycles. The monoisotopic (exact) mass is 294 g/mol. The second-order valence-corrected chi connectivity index (χ2v) is 6.12. The number of alkyl halides is 3. The average molecular weight is 294 g/mol. The molecule has 120 valence electrons. The van der Waals surface area contributed by atoms with Crippen molar-refractivity contribution in [1.29, 1.82) is 0 Å². The Bertz CT molecular complexity index is 249. The molecule has 2 aliphatic carbocycles. The van der Waals surface area contributed by atoms with E-state index in [9.17, 15) is 13.2 Å². The van der Waals surface area contributed by atoms with Crippen LogP contribution in [0.5, 0.6) is 0 Å². The highest BCUT2D eigenvalue weighted by Gasteiger charge is 2.37. The van der Waals surface area contributed by atoms with Gasteiger partial charge in [0.2, 0.25) is 0 Å². The summed E-state index contributed by atoms with van der Waals surface area (Å²) in [6, 6.07) is 0. The fourth-order valence-corrected chi connectivity index (χ4v) is 3.62. The molecule has 0 aromatic heterocycles. The lowest BCUT2D eigenvalue weighted by Gasteiger charge is -2.37. The largest absolute Gasteiger partial charge is 0.522 e. The van der Waals surface area contributed by atoms with Gasteiger partial charge in [-0.1, -0.05) is 33.6 Å². The highest BCUT2D eigenvalue weighted by atomic mass is 19.4. The van der Waals surface area contributed by atoms with Crippen LogP contribution in [0.1, 0.15) is 72.1 Å². The molecule has 0 aromatic rings. The maximum atomic E-state index is 12.1. The van der Waals surface area contributed by atoms with E-state index < -0.39 is 12.5 Å². The van der Waals surface area contributed by atoms with Crippen LogP contribution >= 0.6 is 0 Å². The van der Waals surface area contributed by atoms with Crippen molar-refractivity contribution in [1.82, 2.24) is 0 Å². The van der Waals surface area contributed by atoms with Gasteiger partial charge in [0.15, 0.2) is 0 Å². The molecule has 0 aromatic carbocycles. The lowest BCUT2D eigenvalue weighted by molar-refractivity contribution is -0.346. The molecule has 4 heteroatoms. The van der Waals surface area contributed by atoms with E-state index in [1.165, 1.54) is 25.7 Å². The van der Waals surface area contributed by atoms with Gasteiger partial charge in [-0.3, -0.25) is 4.74 Å². The Morgan fingerprint density at radius 1 is 0.750 bits per heavy atom. The summed E-state index contributed by atoms with van der Waals surface area (Å²) in [5, 5.41) is 0. The molecule has 2 aliphatic rings. The molecule has 1 nitrogen and oxygen atoms in total. The summed E-state index contributed by atoms with van der Waals surface area (Å²) in [6.45, 7) is 6.30. The highest BCUT2D eigenvalue weighted by molar-refractivity contribution is 4.81. The van der Waals surface area contributed by atoms with Gasteiger partial charge in [-0.2, -0.15) is 0 Å². The zero-order chi connectivity index (χ0) is 15.2. The SMILES string of the molecule is CC.CC1CCC(C2CCC(OC(F)(F)F)CC2)CC1. The Labute approximate surface area is 121 Å². The molecule has 0 atom stereocenters. The Hall–Kier alpha value is -0.250. The van der Waals surface area contributed by atoms with Crippen molar-refractivity contribution in [2.75, 3.05) is 0 Å². The van der Waals surface area contributed by atoms with Crippen LogP contribution in [0.3, 0.4) is 0 Å². The van der Waals surface area contributed by atoms with E-state index in [-0.39, 0.29) is 0 Å². The first-order valence-corrected chi connectivity index (χ1v) is 8.18. The van der Waals surface area contributed by atoms with Gasteiger partial charge >= 0.3 is 6.36 Å². The highest BCUT2D eigenvalue weighted by Crippen LogP contribution is 2.41. The lowest BCUT2D eigenvalue weighted by atomic mass is 9.71. The van der Waals surface area contributed by atoms with Gasteiger partial charge in [-0.15, -0.1) is 13.2 Å². The molecule has 2 fully saturated rings. The van der Waals surface area contributed by atoms with Crippen molar-refractivity contribution in [3.8, 4) is 0 Å².